The van der Waals surface area contributed by atoms with Crippen LogP contribution in [0.25, 0.3) is 0 Å². The van der Waals surface area contributed by atoms with Crippen molar-refractivity contribution in [2.24, 2.45) is 0 Å². The molecule has 0 aliphatic carbocycles. The molecule has 1 aromatic heterocycles. The first-order chi connectivity index (χ1) is 8.17. The van der Waals surface area contributed by atoms with Gasteiger partial charge in [0.1, 0.15) is 0 Å². The summed E-state index contributed by atoms with van der Waals surface area (Å²) in [5.74, 6) is 0. The van der Waals surface area contributed by atoms with Gasteiger partial charge in [0.15, 0.2) is 0 Å². The molecule has 2 N–H and O–H groups in total. The molecule has 1 rings (SSSR count). The van der Waals surface area contributed by atoms with Crippen molar-refractivity contribution in [2.45, 2.75) is 46.7 Å². The van der Waals surface area contributed by atoms with Crippen molar-refractivity contribution < 1.29 is 0 Å². The van der Waals surface area contributed by atoms with Crippen LogP contribution in [-0.2, 0) is 13.0 Å². The highest BCUT2D eigenvalue weighted by Crippen LogP contribution is 2.07. The maximum Gasteiger partial charge on any atom is 0.0673 e. The Labute approximate surface area is 104 Å². The average Bonchev–Trinajstić information content (AvgIpc) is 2.34. The lowest BCUT2D eigenvalue weighted by Gasteiger charge is -2.15. The number of hydrogen-bond acceptors (Lipinski definition) is 4. The van der Waals surface area contributed by atoms with Crippen LogP contribution < -0.4 is 10.6 Å². The first-order valence-electron chi connectivity index (χ1n) is 6.43. The summed E-state index contributed by atoms with van der Waals surface area (Å²) in [6.45, 7) is 11.3. The third-order valence-corrected chi connectivity index (χ3v) is 2.76. The van der Waals surface area contributed by atoms with E-state index >= 15 is 0 Å². The van der Waals surface area contributed by atoms with E-state index in [1.807, 2.05) is 6.92 Å². The Morgan fingerprint density at radius 3 is 2.71 bits per heavy atom. The molecule has 0 bridgehead atoms. The van der Waals surface area contributed by atoms with E-state index in [4.69, 9.17) is 0 Å². The van der Waals surface area contributed by atoms with E-state index in [2.05, 4.69) is 47.7 Å². The molecule has 0 fully saturated rings. The van der Waals surface area contributed by atoms with Crippen LogP contribution in [0.3, 0.4) is 0 Å². The molecule has 0 saturated heterocycles. The molecule has 0 spiro atoms. The second-order valence-electron chi connectivity index (χ2n) is 4.40. The van der Waals surface area contributed by atoms with Crippen molar-refractivity contribution in [2.75, 3.05) is 13.1 Å². The van der Waals surface area contributed by atoms with Gasteiger partial charge in [-0.3, -0.25) is 0 Å². The molecule has 17 heavy (non-hydrogen) atoms. The van der Waals surface area contributed by atoms with Crippen molar-refractivity contribution in [3.8, 4) is 0 Å². The van der Waals surface area contributed by atoms with E-state index < -0.39 is 0 Å². The number of aromatic nitrogens is 2. The van der Waals surface area contributed by atoms with Crippen LogP contribution in [0.2, 0.25) is 0 Å². The molecule has 1 heterocycles. The maximum absolute atomic E-state index is 4.23. The zero-order valence-corrected chi connectivity index (χ0v) is 11.4. The topological polar surface area (TPSA) is 49.8 Å². The van der Waals surface area contributed by atoms with Crippen molar-refractivity contribution in [1.29, 1.82) is 0 Å². The lowest BCUT2D eigenvalue weighted by Crippen LogP contribution is -2.36. The number of nitrogens with zero attached hydrogens (tertiary/aromatic N) is 2. The van der Waals surface area contributed by atoms with Gasteiger partial charge in [-0.25, -0.2) is 0 Å². The van der Waals surface area contributed by atoms with Crippen LogP contribution in [0, 0.1) is 6.92 Å². The van der Waals surface area contributed by atoms with Crippen LogP contribution in [-0.4, -0.2) is 29.3 Å². The van der Waals surface area contributed by atoms with Crippen LogP contribution in [0.15, 0.2) is 6.07 Å². The smallest absolute Gasteiger partial charge is 0.0673 e. The molecular formula is C13H24N4. The molecule has 4 heteroatoms. The van der Waals surface area contributed by atoms with Gasteiger partial charge < -0.3 is 10.6 Å². The molecule has 0 saturated carbocycles. The van der Waals surface area contributed by atoms with Gasteiger partial charge in [0.2, 0.25) is 0 Å². The number of rotatable bonds is 7. The van der Waals surface area contributed by atoms with E-state index in [9.17, 15) is 0 Å². The molecule has 1 aromatic rings. The lowest BCUT2D eigenvalue weighted by atomic mass is 10.1. The molecule has 1 unspecified atom stereocenters. The minimum absolute atomic E-state index is 0.466. The second-order valence-corrected chi connectivity index (χ2v) is 4.40. The largest absolute Gasteiger partial charge is 0.315 e. The molecule has 0 aromatic carbocycles. The summed E-state index contributed by atoms with van der Waals surface area (Å²) >= 11 is 0. The highest BCUT2D eigenvalue weighted by molar-refractivity contribution is 5.20. The Bertz CT molecular complexity index is 338. The number of nitrogens with one attached hydrogen (secondary N) is 2. The average molecular weight is 236 g/mol. The molecular weight excluding hydrogens is 212 g/mol. The molecule has 0 aliphatic heterocycles. The summed E-state index contributed by atoms with van der Waals surface area (Å²) < 4.78 is 0. The molecule has 1 atom stereocenters. The van der Waals surface area contributed by atoms with Gasteiger partial charge in [0.25, 0.3) is 0 Å². The van der Waals surface area contributed by atoms with Crippen LogP contribution in [0.5, 0.6) is 0 Å². The van der Waals surface area contributed by atoms with E-state index in [0.29, 0.717) is 6.04 Å². The third-order valence-electron chi connectivity index (χ3n) is 2.76. The third kappa shape index (κ3) is 4.79. The van der Waals surface area contributed by atoms with Crippen LogP contribution in [0.4, 0.5) is 0 Å². The highest BCUT2D eigenvalue weighted by atomic mass is 15.1. The zero-order valence-electron chi connectivity index (χ0n) is 11.4. The summed E-state index contributed by atoms with van der Waals surface area (Å²) in [5.41, 5.74) is 3.35. The number of aryl methyl sites for hydroxylation is 2. The minimum Gasteiger partial charge on any atom is -0.315 e. The fourth-order valence-electron chi connectivity index (χ4n) is 1.74. The first kappa shape index (κ1) is 14.1. The molecule has 4 nitrogen and oxygen atoms in total. The van der Waals surface area contributed by atoms with E-state index in [1.165, 1.54) is 5.56 Å². The normalized spacial score (nSPS) is 12.7. The Morgan fingerprint density at radius 1 is 1.29 bits per heavy atom. The van der Waals surface area contributed by atoms with Gasteiger partial charge >= 0.3 is 0 Å². The van der Waals surface area contributed by atoms with Crippen molar-refractivity contribution >= 4 is 0 Å². The minimum atomic E-state index is 0.466. The number of hydrogen-bond donors (Lipinski definition) is 2. The summed E-state index contributed by atoms with van der Waals surface area (Å²) in [5, 5.41) is 15.2. The fraction of sp³-hybridized carbons (Fsp3) is 0.692. The van der Waals surface area contributed by atoms with Gasteiger partial charge in [-0.2, -0.15) is 10.2 Å². The lowest BCUT2D eigenvalue weighted by molar-refractivity contribution is 0.506. The van der Waals surface area contributed by atoms with Crippen LogP contribution in [0.1, 0.15) is 37.7 Å². The predicted octanol–water partition coefficient (Wildman–Crippen LogP) is 1.44. The maximum atomic E-state index is 4.23. The quantitative estimate of drug-likeness (QED) is 0.752. The molecule has 0 aliphatic rings. The fourth-order valence-corrected chi connectivity index (χ4v) is 1.74. The van der Waals surface area contributed by atoms with Gasteiger partial charge in [0, 0.05) is 19.1 Å². The highest BCUT2D eigenvalue weighted by Gasteiger charge is 2.06. The predicted molar refractivity (Wildman–Crippen MR) is 71.0 cm³/mol. The van der Waals surface area contributed by atoms with Crippen molar-refractivity contribution in [1.82, 2.24) is 20.8 Å². The molecule has 0 amide bonds. The summed E-state index contributed by atoms with van der Waals surface area (Å²) in [7, 11) is 0. The summed E-state index contributed by atoms with van der Waals surface area (Å²) in [4.78, 5) is 0. The van der Waals surface area contributed by atoms with Gasteiger partial charge in [-0.15, -0.1) is 0 Å². The van der Waals surface area contributed by atoms with Gasteiger partial charge in [-0.1, -0.05) is 13.8 Å². The summed E-state index contributed by atoms with van der Waals surface area (Å²) in [6.07, 6.45) is 0.936. The van der Waals surface area contributed by atoms with Crippen LogP contribution >= 0.6 is 0 Å². The monoisotopic (exact) mass is 236 g/mol. The standard InChI is InChI=1S/C13H24N4/c1-5-13-12(7-10(3)16-17-13)9-15-11(4)8-14-6-2/h7,11,14-15H,5-6,8-9H2,1-4H3. The zero-order chi connectivity index (χ0) is 12.7. The van der Waals surface area contributed by atoms with E-state index in [0.717, 1.165) is 37.4 Å². The van der Waals surface area contributed by atoms with Gasteiger partial charge in [0.05, 0.1) is 11.4 Å². The van der Waals surface area contributed by atoms with E-state index in [1.54, 1.807) is 0 Å². The van der Waals surface area contributed by atoms with Gasteiger partial charge in [-0.05, 0) is 38.4 Å². The SMILES string of the molecule is CCNCC(C)NCc1cc(C)nnc1CC. The Morgan fingerprint density at radius 2 is 2.06 bits per heavy atom. The summed E-state index contributed by atoms with van der Waals surface area (Å²) in [6, 6.07) is 2.59. The Hall–Kier alpha value is -1.00. The second kappa shape index (κ2) is 7.35. The first-order valence-corrected chi connectivity index (χ1v) is 6.43. The molecule has 0 radical (unpaired) electrons. The van der Waals surface area contributed by atoms with Crippen molar-refractivity contribution in [3.05, 3.63) is 23.0 Å². The van der Waals surface area contributed by atoms with Crippen molar-refractivity contribution in [3.63, 3.8) is 0 Å². The Kier molecular flexibility index (Phi) is 6.08. The molecule has 96 valence electrons. The van der Waals surface area contributed by atoms with E-state index in [-0.39, 0.29) is 0 Å². The Balaban J connectivity index is 2.52. The number of likely N-dealkylation sites (N-methyl/N-ethyl adjacent to an activating group) is 1.